The lowest BCUT2D eigenvalue weighted by molar-refractivity contribution is 0.115. The summed E-state index contributed by atoms with van der Waals surface area (Å²) < 4.78 is 5.39. The zero-order chi connectivity index (χ0) is 13.4. The largest absolute Gasteiger partial charge is 0.494 e. The Morgan fingerprint density at radius 2 is 1.89 bits per heavy atom. The molecule has 0 spiro atoms. The molecule has 0 bridgehead atoms. The summed E-state index contributed by atoms with van der Waals surface area (Å²) in [6.07, 6.45) is 0.587. The molecule has 0 amide bonds. The fourth-order valence-electron chi connectivity index (χ4n) is 1.87. The molecule has 0 aliphatic heterocycles. The summed E-state index contributed by atoms with van der Waals surface area (Å²) in [6, 6.07) is 7.95. The number of nitrogens with zero attached hydrogens (tertiary/aromatic N) is 1. The van der Waals surface area contributed by atoms with E-state index in [4.69, 9.17) is 9.84 Å². The van der Waals surface area contributed by atoms with Crippen molar-refractivity contribution < 1.29 is 14.9 Å². The number of hydrogen-bond acceptors (Lipinski definition) is 4. The van der Waals surface area contributed by atoms with Gasteiger partial charge >= 0.3 is 0 Å². The van der Waals surface area contributed by atoms with E-state index in [0.29, 0.717) is 13.0 Å². The first-order valence-corrected chi connectivity index (χ1v) is 6.35. The summed E-state index contributed by atoms with van der Waals surface area (Å²) in [6.45, 7) is 3.54. The van der Waals surface area contributed by atoms with E-state index in [1.807, 2.05) is 43.1 Å². The number of aliphatic hydroxyl groups is 2. The lowest BCUT2D eigenvalue weighted by Gasteiger charge is -2.25. The van der Waals surface area contributed by atoms with E-state index >= 15 is 0 Å². The summed E-state index contributed by atoms with van der Waals surface area (Å²) >= 11 is 0. The molecule has 0 saturated carbocycles. The molecule has 1 unspecified atom stereocenters. The highest BCUT2D eigenvalue weighted by molar-refractivity contribution is 5.27. The molecule has 4 heteroatoms. The van der Waals surface area contributed by atoms with Crippen LogP contribution in [0.15, 0.2) is 24.3 Å². The Morgan fingerprint density at radius 3 is 2.39 bits per heavy atom. The molecule has 0 aliphatic rings. The lowest BCUT2D eigenvalue weighted by Crippen LogP contribution is -2.35. The average molecular weight is 253 g/mol. The Kier molecular flexibility index (Phi) is 6.72. The Balaban J connectivity index is 2.55. The third-order valence-electron chi connectivity index (χ3n) is 2.96. The first-order chi connectivity index (χ1) is 8.71. The Hall–Kier alpha value is -1.10. The Bertz CT molecular complexity index is 326. The molecule has 1 aromatic carbocycles. The first-order valence-electron chi connectivity index (χ1n) is 6.35. The smallest absolute Gasteiger partial charge is 0.119 e. The first kappa shape index (κ1) is 15.0. The van der Waals surface area contributed by atoms with E-state index in [1.165, 1.54) is 0 Å². The van der Waals surface area contributed by atoms with E-state index in [9.17, 15) is 5.11 Å². The monoisotopic (exact) mass is 253 g/mol. The average Bonchev–Trinajstić information content (AvgIpc) is 2.38. The molecule has 0 saturated heterocycles. The highest BCUT2D eigenvalue weighted by Gasteiger charge is 2.13. The number of aliphatic hydroxyl groups excluding tert-OH is 2. The van der Waals surface area contributed by atoms with Crippen molar-refractivity contribution in [1.82, 2.24) is 4.90 Å². The van der Waals surface area contributed by atoms with Gasteiger partial charge in [-0.05, 0) is 38.1 Å². The van der Waals surface area contributed by atoms with Gasteiger partial charge in [0.05, 0.1) is 13.2 Å². The van der Waals surface area contributed by atoms with Gasteiger partial charge in [-0.15, -0.1) is 0 Å². The fraction of sp³-hybridized carbons (Fsp3) is 0.571. The van der Waals surface area contributed by atoms with Crippen molar-refractivity contribution in [3.05, 3.63) is 29.8 Å². The molecular weight excluding hydrogens is 230 g/mol. The van der Waals surface area contributed by atoms with Crippen molar-refractivity contribution >= 4 is 0 Å². The van der Waals surface area contributed by atoms with E-state index in [0.717, 1.165) is 17.9 Å². The molecule has 4 nitrogen and oxygen atoms in total. The SMILES string of the molecule is CCOc1ccc(CN(C)C(CO)CCO)cc1. The summed E-state index contributed by atoms with van der Waals surface area (Å²) in [4.78, 5) is 2.05. The minimum absolute atomic E-state index is 0.00145. The molecule has 1 atom stereocenters. The van der Waals surface area contributed by atoms with Crippen LogP contribution >= 0.6 is 0 Å². The summed E-state index contributed by atoms with van der Waals surface area (Å²) in [7, 11) is 1.95. The van der Waals surface area contributed by atoms with Gasteiger partial charge in [-0.2, -0.15) is 0 Å². The minimum Gasteiger partial charge on any atom is -0.494 e. The van der Waals surface area contributed by atoms with Gasteiger partial charge in [-0.25, -0.2) is 0 Å². The van der Waals surface area contributed by atoms with Crippen molar-refractivity contribution in [2.24, 2.45) is 0 Å². The predicted octanol–water partition coefficient (Wildman–Crippen LogP) is 1.26. The molecule has 18 heavy (non-hydrogen) atoms. The zero-order valence-electron chi connectivity index (χ0n) is 11.2. The van der Waals surface area contributed by atoms with E-state index < -0.39 is 0 Å². The second-order valence-electron chi connectivity index (χ2n) is 4.34. The topological polar surface area (TPSA) is 52.9 Å². The van der Waals surface area contributed by atoms with E-state index in [-0.39, 0.29) is 19.3 Å². The van der Waals surface area contributed by atoms with Crippen LogP contribution in [0.4, 0.5) is 0 Å². The van der Waals surface area contributed by atoms with Gasteiger partial charge in [0.25, 0.3) is 0 Å². The van der Waals surface area contributed by atoms with Crippen LogP contribution in [0.1, 0.15) is 18.9 Å². The van der Waals surface area contributed by atoms with Crippen LogP contribution in [0.2, 0.25) is 0 Å². The summed E-state index contributed by atoms with van der Waals surface area (Å²) in [5.74, 6) is 0.873. The maximum absolute atomic E-state index is 9.25. The fourth-order valence-corrected chi connectivity index (χ4v) is 1.87. The number of benzene rings is 1. The van der Waals surface area contributed by atoms with Crippen LogP contribution in [0.5, 0.6) is 5.75 Å². The number of rotatable bonds is 8. The molecular formula is C14H23NO3. The van der Waals surface area contributed by atoms with E-state index in [1.54, 1.807) is 0 Å². The van der Waals surface area contributed by atoms with Gasteiger partial charge in [0, 0.05) is 19.2 Å². The van der Waals surface area contributed by atoms with Crippen molar-refractivity contribution in [3.8, 4) is 5.75 Å². The molecule has 0 radical (unpaired) electrons. The van der Waals surface area contributed by atoms with Crippen molar-refractivity contribution in [3.63, 3.8) is 0 Å². The molecule has 0 fully saturated rings. The molecule has 2 N–H and O–H groups in total. The normalized spacial score (nSPS) is 12.7. The maximum atomic E-state index is 9.25. The van der Waals surface area contributed by atoms with Gasteiger partial charge in [0.2, 0.25) is 0 Å². The Labute approximate surface area is 109 Å². The number of hydrogen-bond donors (Lipinski definition) is 2. The van der Waals surface area contributed by atoms with Gasteiger partial charge in [-0.1, -0.05) is 12.1 Å². The van der Waals surface area contributed by atoms with Crippen molar-refractivity contribution in [2.75, 3.05) is 26.9 Å². The standard InChI is InChI=1S/C14H23NO3/c1-3-18-14-6-4-12(5-7-14)10-15(2)13(11-17)8-9-16/h4-7,13,16-17H,3,8-11H2,1-2H3. The second-order valence-corrected chi connectivity index (χ2v) is 4.34. The summed E-state index contributed by atoms with van der Waals surface area (Å²) in [5, 5.41) is 18.2. The maximum Gasteiger partial charge on any atom is 0.119 e. The number of likely N-dealkylation sites (N-methyl/N-ethyl adjacent to an activating group) is 1. The molecule has 0 aromatic heterocycles. The summed E-state index contributed by atoms with van der Waals surface area (Å²) in [5.41, 5.74) is 1.16. The molecule has 0 heterocycles. The Morgan fingerprint density at radius 1 is 1.22 bits per heavy atom. The third-order valence-corrected chi connectivity index (χ3v) is 2.96. The molecule has 1 aromatic rings. The van der Waals surface area contributed by atoms with Crippen LogP contribution in [0.3, 0.4) is 0 Å². The third kappa shape index (κ3) is 4.64. The minimum atomic E-state index is 0.00145. The van der Waals surface area contributed by atoms with Crippen molar-refractivity contribution in [1.29, 1.82) is 0 Å². The highest BCUT2D eigenvalue weighted by atomic mass is 16.5. The van der Waals surface area contributed by atoms with Gasteiger partial charge in [0.1, 0.15) is 5.75 Å². The lowest BCUT2D eigenvalue weighted by atomic mass is 10.1. The quantitative estimate of drug-likeness (QED) is 0.732. The van der Waals surface area contributed by atoms with E-state index in [2.05, 4.69) is 0 Å². The molecule has 102 valence electrons. The van der Waals surface area contributed by atoms with Crippen LogP contribution in [0.25, 0.3) is 0 Å². The van der Waals surface area contributed by atoms with Crippen LogP contribution in [-0.4, -0.2) is 48.0 Å². The van der Waals surface area contributed by atoms with Crippen LogP contribution < -0.4 is 4.74 Å². The zero-order valence-corrected chi connectivity index (χ0v) is 11.2. The second kappa shape index (κ2) is 8.08. The van der Waals surface area contributed by atoms with Crippen molar-refractivity contribution in [2.45, 2.75) is 25.9 Å². The van der Waals surface area contributed by atoms with Gasteiger partial charge < -0.3 is 14.9 Å². The van der Waals surface area contributed by atoms with Gasteiger partial charge in [-0.3, -0.25) is 4.90 Å². The predicted molar refractivity (Wildman–Crippen MR) is 71.7 cm³/mol. The molecule has 0 aliphatic carbocycles. The number of ether oxygens (including phenoxy) is 1. The van der Waals surface area contributed by atoms with Crippen LogP contribution in [-0.2, 0) is 6.54 Å². The highest BCUT2D eigenvalue weighted by Crippen LogP contribution is 2.14. The van der Waals surface area contributed by atoms with Crippen LogP contribution in [0, 0.1) is 0 Å². The van der Waals surface area contributed by atoms with Gasteiger partial charge in [0.15, 0.2) is 0 Å². The molecule has 1 rings (SSSR count).